The van der Waals surface area contributed by atoms with Crippen LogP contribution in [-0.4, -0.2) is 55.5 Å². The molecule has 3 rings (SSSR count). The molecule has 2 aromatic carbocycles. The van der Waals surface area contributed by atoms with E-state index in [4.69, 9.17) is 10.2 Å². The van der Waals surface area contributed by atoms with Crippen molar-refractivity contribution in [2.24, 2.45) is 0 Å². The third-order valence-corrected chi connectivity index (χ3v) is 4.79. The third-order valence-electron chi connectivity index (χ3n) is 4.79. The molecule has 32 heavy (non-hydrogen) atoms. The molecule has 0 saturated heterocycles. The summed E-state index contributed by atoms with van der Waals surface area (Å²) in [5.41, 5.74) is 2.46. The zero-order chi connectivity index (χ0) is 23.1. The molecular formula is C23H21N3O6. The summed E-state index contributed by atoms with van der Waals surface area (Å²) in [5, 5.41) is 37.5. The average Bonchev–Trinajstić information content (AvgIpc) is 2.80. The predicted octanol–water partition coefficient (Wildman–Crippen LogP) is 2.02. The van der Waals surface area contributed by atoms with E-state index in [0.29, 0.717) is 0 Å². The smallest absolute Gasteiger partial charge is 0.356 e. The summed E-state index contributed by atoms with van der Waals surface area (Å²) in [7, 11) is 0. The standard InChI is InChI=1S/C23H21N3O6/c27-20(23(31)32)13-17(24-21(28)18-10-11-19(22(29)30)26-25-18)12-14-6-8-16(9-7-14)15-4-2-1-3-5-15/h1-11,17,20,27H,12-13H2,(H,24,28)(H,29,30)(H,31,32)/t17-,20?/m1/s1. The molecule has 3 aromatic rings. The molecule has 1 amide bonds. The minimum Gasteiger partial charge on any atom is -0.479 e. The second kappa shape index (κ2) is 10.3. The largest absolute Gasteiger partial charge is 0.479 e. The van der Waals surface area contributed by atoms with E-state index in [0.717, 1.165) is 22.8 Å². The van der Waals surface area contributed by atoms with Gasteiger partial charge in [0.1, 0.15) is 0 Å². The summed E-state index contributed by atoms with van der Waals surface area (Å²) in [5.74, 6) is -3.32. The van der Waals surface area contributed by atoms with Crippen molar-refractivity contribution < 1.29 is 29.7 Å². The van der Waals surface area contributed by atoms with E-state index in [2.05, 4.69) is 15.5 Å². The first-order valence-electron chi connectivity index (χ1n) is 9.76. The maximum Gasteiger partial charge on any atom is 0.356 e. The van der Waals surface area contributed by atoms with Gasteiger partial charge < -0.3 is 20.6 Å². The number of nitrogens with zero attached hydrogens (tertiary/aromatic N) is 2. The van der Waals surface area contributed by atoms with Crippen LogP contribution in [0.4, 0.5) is 0 Å². The number of benzene rings is 2. The molecule has 1 unspecified atom stereocenters. The third kappa shape index (κ3) is 5.96. The van der Waals surface area contributed by atoms with Gasteiger partial charge in [0.25, 0.3) is 5.91 Å². The Hall–Kier alpha value is -4.11. The number of hydrogen-bond donors (Lipinski definition) is 4. The first-order valence-corrected chi connectivity index (χ1v) is 9.76. The molecule has 0 aliphatic carbocycles. The van der Waals surface area contributed by atoms with Gasteiger partial charge in [-0.2, -0.15) is 0 Å². The van der Waals surface area contributed by atoms with Crippen LogP contribution in [0.5, 0.6) is 0 Å². The average molecular weight is 435 g/mol. The molecule has 0 aliphatic heterocycles. The molecule has 4 N–H and O–H groups in total. The Balaban J connectivity index is 1.74. The molecule has 0 radical (unpaired) electrons. The summed E-state index contributed by atoms with van der Waals surface area (Å²) in [6.07, 6.45) is -1.61. The fourth-order valence-electron chi connectivity index (χ4n) is 3.14. The number of aliphatic hydroxyl groups excluding tert-OH is 1. The van der Waals surface area contributed by atoms with Crippen LogP contribution in [0, 0.1) is 0 Å². The van der Waals surface area contributed by atoms with Gasteiger partial charge in [-0.3, -0.25) is 4.79 Å². The highest BCUT2D eigenvalue weighted by molar-refractivity contribution is 5.93. The van der Waals surface area contributed by atoms with Crippen molar-refractivity contribution in [3.8, 4) is 11.1 Å². The van der Waals surface area contributed by atoms with Crippen molar-refractivity contribution in [3.63, 3.8) is 0 Å². The second-order valence-corrected chi connectivity index (χ2v) is 7.14. The minimum atomic E-state index is -1.66. The summed E-state index contributed by atoms with van der Waals surface area (Å²) in [6, 6.07) is 19.0. The fourth-order valence-corrected chi connectivity index (χ4v) is 3.14. The van der Waals surface area contributed by atoms with Crippen LogP contribution in [0.3, 0.4) is 0 Å². The lowest BCUT2D eigenvalue weighted by atomic mass is 9.97. The quantitative estimate of drug-likeness (QED) is 0.399. The molecule has 9 nitrogen and oxygen atoms in total. The van der Waals surface area contributed by atoms with E-state index in [1.54, 1.807) is 0 Å². The monoisotopic (exact) mass is 435 g/mol. The molecule has 0 aliphatic rings. The number of amides is 1. The number of carboxylic acids is 2. The summed E-state index contributed by atoms with van der Waals surface area (Å²) < 4.78 is 0. The molecule has 0 bridgehead atoms. The molecule has 0 saturated carbocycles. The molecule has 1 heterocycles. The highest BCUT2D eigenvalue weighted by Gasteiger charge is 2.23. The number of carbonyl (C=O) groups is 3. The highest BCUT2D eigenvalue weighted by Crippen LogP contribution is 2.20. The summed E-state index contributed by atoms with van der Waals surface area (Å²) in [6.45, 7) is 0. The summed E-state index contributed by atoms with van der Waals surface area (Å²) >= 11 is 0. The Bertz CT molecular complexity index is 1080. The summed E-state index contributed by atoms with van der Waals surface area (Å²) in [4.78, 5) is 34.5. The van der Waals surface area contributed by atoms with Crippen molar-refractivity contribution >= 4 is 17.8 Å². The van der Waals surface area contributed by atoms with Gasteiger partial charge in [-0.1, -0.05) is 54.6 Å². The van der Waals surface area contributed by atoms with Crippen LogP contribution >= 0.6 is 0 Å². The van der Waals surface area contributed by atoms with Gasteiger partial charge in [0.2, 0.25) is 0 Å². The van der Waals surface area contributed by atoms with Crippen molar-refractivity contribution in [2.45, 2.75) is 25.0 Å². The van der Waals surface area contributed by atoms with Crippen molar-refractivity contribution in [3.05, 3.63) is 83.7 Å². The number of carbonyl (C=O) groups excluding carboxylic acids is 1. The number of nitrogens with one attached hydrogen (secondary N) is 1. The maximum absolute atomic E-state index is 12.5. The molecule has 0 spiro atoms. The highest BCUT2D eigenvalue weighted by atomic mass is 16.4. The van der Waals surface area contributed by atoms with Crippen LogP contribution in [0.1, 0.15) is 33.0 Å². The first-order chi connectivity index (χ1) is 15.3. The van der Waals surface area contributed by atoms with Crippen LogP contribution in [-0.2, 0) is 11.2 Å². The van der Waals surface area contributed by atoms with Crippen LogP contribution < -0.4 is 5.32 Å². The first kappa shape index (κ1) is 22.6. The van der Waals surface area contributed by atoms with Crippen LogP contribution in [0.25, 0.3) is 11.1 Å². The number of aliphatic carboxylic acids is 1. The lowest BCUT2D eigenvalue weighted by Gasteiger charge is -2.20. The van der Waals surface area contributed by atoms with Crippen LogP contribution in [0.2, 0.25) is 0 Å². The Morgan fingerprint density at radius 2 is 1.41 bits per heavy atom. The normalized spacial score (nSPS) is 12.5. The molecule has 2 atom stereocenters. The van der Waals surface area contributed by atoms with Gasteiger partial charge in [0.05, 0.1) is 0 Å². The van der Waals surface area contributed by atoms with E-state index in [-0.39, 0.29) is 24.2 Å². The fraction of sp³-hybridized carbons (Fsp3) is 0.174. The van der Waals surface area contributed by atoms with Gasteiger partial charge in [0, 0.05) is 12.5 Å². The molecule has 1 aromatic heterocycles. The molecule has 164 valence electrons. The minimum absolute atomic E-state index is 0.121. The Kier molecular flexibility index (Phi) is 7.25. The lowest BCUT2D eigenvalue weighted by Crippen LogP contribution is -2.41. The Labute approximate surface area is 183 Å². The van der Waals surface area contributed by atoms with E-state index in [1.807, 2.05) is 54.6 Å². The van der Waals surface area contributed by atoms with Crippen molar-refractivity contribution in [1.82, 2.24) is 15.5 Å². The van der Waals surface area contributed by atoms with E-state index >= 15 is 0 Å². The number of aromatic nitrogens is 2. The molecular weight excluding hydrogens is 414 g/mol. The number of rotatable bonds is 9. The van der Waals surface area contributed by atoms with Crippen LogP contribution in [0.15, 0.2) is 66.7 Å². The molecule has 0 fully saturated rings. The van der Waals surface area contributed by atoms with E-state index in [1.165, 1.54) is 6.07 Å². The number of aliphatic hydroxyl groups is 1. The number of hydrogen-bond acceptors (Lipinski definition) is 6. The number of carboxylic acid groups (broad SMARTS) is 2. The predicted molar refractivity (Wildman–Crippen MR) is 114 cm³/mol. The SMILES string of the molecule is O=C(O)c1ccc(C(=O)N[C@H](Cc2ccc(-c3ccccc3)cc2)CC(O)C(=O)O)nn1. The Morgan fingerprint density at radius 3 is 1.97 bits per heavy atom. The maximum atomic E-state index is 12.5. The van der Waals surface area contributed by atoms with Gasteiger partial charge in [0.15, 0.2) is 17.5 Å². The number of aromatic carboxylic acids is 1. The second-order valence-electron chi connectivity index (χ2n) is 7.14. The van der Waals surface area contributed by atoms with Gasteiger partial charge in [-0.15, -0.1) is 10.2 Å². The lowest BCUT2D eigenvalue weighted by molar-refractivity contribution is -0.147. The Morgan fingerprint density at radius 1 is 0.812 bits per heavy atom. The van der Waals surface area contributed by atoms with Gasteiger partial charge >= 0.3 is 11.9 Å². The van der Waals surface area contributed by atoms with Gasteiger partial charge in [-0.05, 0) is 35.2 Å². The van der Waals surface area contributed by atoms with E-state index < -0.39 is 30.0 Å². The zero-order valence-corrected chi connectivity index (χ0v) is 16.9. The van der Waals surface area contributed by atoms with E-state index in [9.17, 15) is 19.5 Å². The zero-order valence-electron chi connectivity index (χ0n) is 16.9. The molecule has 9 heteroatoms. The topological polar surface area (TPSA) is 150 Å². The van der Waals surface area contributed by atoms with Crippen molar-refractivity contribution in [1.29, 1.82) is 0 Å². The van der Waals surface area contributed by atoms with Crippen molar-refractivity contribution in [2.75, 3.05) is 0 Å². The van der Waals surface area contributed by atoms with Gasteiger partial charge in [-0.25, -0.2) is 9.59 Å².